The molecular weight excluding hydrogens is 330 g/mol. The Balaban J connectivity index is 3.51. The zero-order chi connectivity index (χ0) is 19.5. The Morgan fingerprint density at radius 2 is 1.56 bits per heavy atom. The molecule has 6 heteroatoms. The van der Waals surface area contributed by atoms with Crippen LogP contribution in [0.3, 0.4) is 0 Å². The maximum absolute atomic E-state index is 9.98. The highest BCUT2D eigenvalue weighted by atomic mass is 28.4. The summed E-state index contributed by atoms with van der Waals surface area (Å²) in [7, 11) is 0.857. The first kappa shape index (κ1) is 21.3. The Morgan fingerprint density at radius 3 is 1.92 bits per heavy atom. The zero-order valence-corrected chi connectivity index (χ0v) is 17.5. The first-order valence-corrected chi connectivity index (χ1v) is 11.2. The predicted molar refractivity (Wildman–Crippen MR) is 101 cm³/mol. The third-order valence-corrected chi connectivity index (χ3v) is 9.43. The summed E-state index contributed by atoms with van der Waals surface area (Å²) in [6, 6.07) is 11.4. The number of rotatable bonds is 6. The van der Waals surface area contributed by atoms with Gasteiger partial charge >= 0.3 is 0 Å². The number of nitriles is 2. The molecule has 0 aliphatic heterocycles. The normalized spacial score (nSPS) is 14.0. The van der Waals surface area contributed by atoms with Crippen molar-refractivity contribution in [3.8, 4) is 12.1 Å². The van der Waals surface area contributed by atoms with Crippen LogP contribution in [-0.2, 0) is 9.26 Å². The van der Waals surface area contributed by atoms with Crippen LogP contribution in [0.1, 0.15) is 37.9 Å². The molecule has 0 saturated carbocycles. The number of hydroxylamine groups is 2. The molecule has 1 rings (SSSR count). The van der Waals surface area contributed by atoms with Gasteiger partial charge in [-0.05, 0) is 30.6 Å². The average molecular weight is 360 g/mol. The second-order valence-corrected chi connectivity index (χ2v) is 12.6. The van der Waals surface area contributed by atoms with Gasteiger partial charge in [0.05, 0.1) is 7.11 Å². The zero-order valence-electron chi connectivity index (χ0n) is 16.5. The molecule has 0 aliphatic carbocycles. The lowest BCUT2D eigenvalue weighted by molar-refractivity contribution is -0.169. The Bertz CT molecular complexity index is 652. The largest absolute Gasteiger partial charge is 0.387 e. The second kappa shape index (κ2) is 7.68. The second-order valence-electron chi connectivity index (χ2n) is 7.86. The summed E-state index contributed by atoms with van der Waals surface area (Å²) in [4.78, 5) is 5.37. The predicted octanol–water partition coefficient (Wildman–Crippen LogP) is 4.34. The number of hydrogen-bond donors (Lipinski definition) is 0. The van der Waals surface area contributed by atoms with Gasteiger partial charge in [-0.25, -0.2) is 0 Å². The minimum atomic E-state index is -2.37. The van der Waals surface area contributed by atoms with Crippen molar-refractivity contribution < 1.29 is 9.26 Å². The van der Waals surface area contributed by atoms with Crippen LogP contribution in [0.5, 0.6) is 0 Å². The van der Waals surface area contributed by atoms with Crippen LogP contribution in [0.4, 0.5) is 0 Å². The fourth-order valence-corrected chi connectivity index (χ4v) is 3.67. The van der Waals surface area contributed by atoms with Crippen LogP contribution < -0.4 is 0 Å². The quantitative estimate of drug-likeness (QED) is 0.558. The summed E-state index contributed by atoms with van der Waals surface area (Å²) in [6.07, 6.45) is 0. The van der Waals surface area contributed by atoms with Gasteiger partial charge in [-0.3, -0.25) is 0 Å². The summed E-state index contributed by atoms with van der Waals surface area (Å²) < 4.78 is 6.35. The molecule has 0 radical (unpaired) electrons. The molecule has 0 heterocycles. The van der Waals surface area contributed by atoms with Crippen molar-refractivity contribution in [3.63, 3.8) is 0 Å². The van der Waals surface area contributed by atoms with Crippen LogP contribution in [0.2, 0.25) is 18.1 Å². The molecule has 25 heavy (non-hydrogen) atoms. The van der Waals surface area contributed by atoms with E-state index in [1.807, 2.05) is 44.3 Å². The number of hydrogen-bond acceptors (Lipinski definition) is 5. The smallest absolute Gasteiger partial charge is 0.254 e. The van der Waals surface area contributed by atoms with E-state index in [2.05, 4.69) is 32.9 Å². The Kier molecular flexibility index (Phi) is 6.55. The molecule has 136 valence electrons. The molecule has 0 spiro atoms. The third-order valence-electron chi connectivity index (χ3n) is 4.98. The number of nitrogens with zero attached hydrogens (tertiary/aromatic N) is 3. The van der Waals surface area contributed by atoms with E-state index in [9.17, 15) is 10.5 Å². The first-order valence-electron chi connectivity index (χ1n) is 8.30. The molecule has 0 aliphatic rings. The van der Waals surface area contributed by atoms with Crippen LogP contribution >= 0.6 is 0 Å². The molecule has 0 aromatic heterocycles. The monoisotopic (exact) mass is 359 g/mol. The number of aryl methyl sites for hydroxylation is 1. The summed E-state index contributed by atoms with van der Waals surface area (Å²) >= 11 is 0. The molecule has 0 saturated heterocycles. The van der Waals surface area contributed by atoms with Crippen molar-refractivity contribution in [1.29, 1.82) is 10.5 Å². The molecule has 1 aromatic rings. The van der Waals surface area contributed by atoms with Gasteiger partial charge in [0.15, 0.2) is 8.32 Å². The van der Waals surface area contributed by atoms with Crippen molar-refractivity contribution in [3.05, 3.63) is 35.4 Å². The number of likely N-dealkylation sites (N-methyl/N-ethyl adjacent to an activating group) is 1. The van der Waals surface area contributed by atoms with Gasteiger partial charge in [0.2, 0.25) is 0 Å². The van der Waals surface area contributed by atoms with E-state index in [4.69, 9.17) is 9.26 Å². The van der Waals surface area contributed by atoms with Crippen molar-refractivity contribution >= 4 is 8.32 Å². The topological polar surface area (TPSA) is 69.3 Å². The van der Waals surface area contributed by atoms with Crippen molar-refractivity contribution in [1.82, 2.24) is 5.06 Å². The van der Waals surface area contributed by atoms with E-state index in [1.165, 1.54) is 12.2 Å². The van der Waals surface area contributed by atoms with Crippen molar-refractivity contribution in [2.75, 3.05) is 14.2 Å². The van der Waals surface area contributed by atoms with Crippen molar-refractivity contribution in [2.24, 2.45) is 0 Å². The molecule has 1 unspecified atom stereocenters. The molecule has 5 nitrogen and oxygen atoms in total. The lowest BCUT2D eigenvalue weighted by atomic mass is 9.90. The molecule has 0 amide bonds. The van der Waals surface area contributed by atoms with Gasteiger partial charge in [-0.15, -0.1) is 0 Å². The minimum absolute atomic E-state index is 0.130. The van der Waals surface area contributed by atoms with E-state index in [1.54, 1.807) is 7.05 Å². The van der Waals surface area contributed by atoms with Gasteiger partial charge in [-0.1, -0.05) is 50.6 Å². The summed E-state index contributed by atoms with van der Waals surface area (Å²) in [6.45, 7) is 12.3. The summed E-state index contributed by atoms with van der Waals surface area (Å²) in [5.41, 5.74) is 0.243. The summed E-state index contributed by atoms with van der Waals surface area (Å²) in [5, 5.41) is 21.3. The molecule has 1 atom stereocenters. The molecular formula is C19H29N3O2Si. The summed E-state index contributed by atoms with van der Waals surface area (Å²) in [5.74, 6) is 0. The molecule has 0 bridgehead atoms. The van der Waals surface area contributed by atoms with E-state index in [-0.39, 0.29) is 5.04 Å². The van der Waals surface area contributed by atoms with E-state index in [0.717, 1.165) is 11.1 Å². The lowest BCUT2D eigenvalue weighted by Crippen LogP contribution is -2.54. The fraction of sp³-hybridized carbons (Fsp3) is 0.579. The van der Waals surface area contributed by atoms with Gasteiger partial charge in [-0.2, -0.15) is 15.6 Å². The maximum Gasteiger partial charge on any atom is 0.254 e. The fourth-order valence-electron chi connectivity index (χ4n) is 2.36. The first-order chi connectivity index (χ1) is 11.4. The minimum Gasteiger partial charge on any atom is -0.387 e. The molecule has 0 N–H and O–H groups in total. The Morgan fingerprint density at radius 1 is 1.08 bits per heavy atom. The van der Waals surface area contributed by atoms with Gasteiger partial charge in [0.1, 0.15) is 18.2 Å². The standard InChI is InChI=1S/C19H29N3O2Si/c1-15-9-11-16(12-10-15)17(22(5)23-6)19(13-20,14-21)24-25(7,8)18(2,3)4/h9-12,17H,1-8H3. The van der Waals surface area contributed by atoms with Crippen molar-refractivity contribution in [2.45, 2.75) is 57.5 Å². The van der Waals surface area contributed by atoms with Crippen LogP contribution in [-0.4, -0.2) is 33.1 Å². The van der Waals surface area contributed by atoms with E-state index < -0.39 is 20.0 Å². The van der Waals surface area contributed by atoms with E-state index >= 15 is 0 Å². The van der Waals surface area contributed by atoms with Crippen LogP contribution in [0.15, 0.2) is 24.3 Å². The van der Waals surface area contributed by atoms with Gasteiger partial charge in [0.25, 0.3) is 5.60 Å². The molecule has 1 aromatic carbocycles. The Labute approximate surface area is 152 Å². The van der Waals surface area contributed by atoms with Gasteiger partial charge in [0, 0.05) is 7.05 Å². The highest BCUT2D eigenvalue weighted by Gasteiger charge is 2.52. The highest BCUT2D eigenvalue weighted by molar-refractivity contribution is 6.74. The third kappa shape index (κ3) is 4.48. The number of benzene rings is 1. The van der Waals surface area contributed by atoms with Gasteiger partial charge < -0.3 is 9.26 Å². The van der Waals surface area contributed by atoms with Crippen LogP contribution in [0.25, 0.3) is 0 Å². The maximum atomic E-state index is 9.98. The van der Waals surface area contributed by atoms with E-state index in [0.29, 0.717) is 0 Å². The average Bonchev–Trinajstić information content (AvgIpc) is 2.54. The Hall–Kier alpha value is -1.70. The molecule has 0 fully saturated rings. The lowest BCUT2D eigenvalue weighted by Gasteiger charge is -2.44. The SMILES string of the molecule is CON(C)C(c1ccc(C)cc1)C(C#N)(C#N)O[Si](C)(C)C(C)(C)C. The van der Waals surface area contributed by atoms with Crippen LogP contribution in [0, 0.1) is 29.6 Å². The highest BCUT2D eigenvalue weighted by Crippen LogP contribution is 2.43.